The highest BCUT2D eigenvalue weighted by atomic mass is 79.9. The number of amidine groups is 1. The quantitative estimate of drug-likeness (QED) is 0.664. The van der Waals surface area contributed by atoms with E-state index in [-0.39, 0.29) is 5.84 Å². The maximum atomic E-state index is 7.52. The lowest BCUT2D eigenvalue weighted by atomic mass is 10.2. The van der Waals surface area contributed by atoms with Gasteiger partial charge in [-0.1, -0.05) is 0 Å². The van der Waals surface area contributed by atoms with Gasteiger partial charge in [0.05, 0.1) is 3.79 Å². The van der Waals surface area contributed by atoms with Crippen molar-refractivity contribution in [3.8, 4) is 0 Å². The minimum Gasteiger partial charge on any atom is -0.384 e. The first-order valence-electron chi connectivity index (χ1n) is 5.73. The number of hydrogen-bond acceptors (Lipinski definition) is 4. The van der Waals surface area contributed by atoms with Gasteiger partial charge in [0.25, 0.3) is 0 Å². The van der Waals surface area contributed by atoms with Crippen LogP contribution >= 0.6 is 27.3 Å². The molecule has 19 heavy (non-hydrogen) atoms. The van der Waals surface area contributed by atoms with Crippen LogP contribution in [0.2, 0.25) is 0 Å². The summed E-state index contributed by atoms with van der Waals surface area (Å²) < 4.78 is 1.12. The minimum absolute atomic E-state index is 0.0680. The summed E-state index contributed by atoms with van der Waals surface area (Å²) in [6.45, 7) is 2.68. The van der Waals surface area contributed by atoms with Gasteiger partial charge in [-0.05, 0) is 52.0 Å². The van der Waals surface area contributed by atoms with Crippen LogP contribution in [0.5, 0.6) is 0 Å². The molecule has 0 saturated carbocycles. The summed E-state index contributed by atoms with van der Waals surface area (Å²) in [5, 5.41) is 9.63. The van der Waals surface area contributed by atoms with Crippen LogP contribution in [0.25, 0.3) is 0 Å². The molecular weight excluding hydrogens is 324 g/mol. The summed E-state index contributed by atoms with van der Waals surface area (Å²) in [6, 6.07) is 5.76. The molecule has 0 saturated heterocycles. The number of pyridine rings is 1. The van der Waals surface area contributed by atoms with Gasteiger partial charge in [0, 0.05) is 24.8 Å². The van der Waals surface area contributed by atoms with E-state index in [0.717, 1.165) is 21.8 Å². The Morgan fingerprint density at radius 3 is 2.79 bits per heavy atom. The molecule has 100 valence electrons. The average Bonchev–Trinajstić information content (AvgIpc) is 2.73. The molecule has 2 aromatic heterocycles. The van der Waals surface area contributed by atoms with E-state index in [0.29, 0.717) is 5.56 Å². The smallest absolute Gasteiger partial charge is 0.129 e. The van der Waals surface area contributed by atoms with E-state index in [2.05, 4.69) is 32.4 Å². The average molecular weight is 339 g/mol. The highest BCUT2D eigenvalue weighted by molar-refractivity contribution is 9.11. The first kappa shape index (κ1) is 14.0. The second-order valence-electron chi connectivity index (χ2n) is 4.38. The monoisotopic (exact) mass is 338 g/mol. The molecule has 4 nitrogen and oxygen atoms in total. The van der Waals surface area contributed by atoms with Gasteiger partial charge >= 0.3 is 0 Å². The number of thiophene rings is 1. The Morgan fingerprint density at radius 2 is 2.21 bits per heavy atom. The van der Waals surface area contributed by atoms with E-state index in [1.165, 1.54) is 5.56 Å². The topological polar surface area (TPSA) is 66.0 Å². The number of nitrogens with one attached hydrogen (secondary N) is 1. The number of nitrogens with two attached hydrogens (primary N) is 1. The second-order valence-corrected chi connectivity index (χ2v) is 6.67. The van der Waals surface area contributed by atoms with E-state index >= 15 is 0 Å². The fourth-order valence-corrected chi connectivity index (χ4v) is 2.99. The summed E-state index contributed by atoms with van der Waals surface area (Å²) in [5.74, 6) is 0.894. The molecule has 0 unspecified atom stereocenters. The Balaban J connectivity index is 2.23. The largest absolute Gasteiger partial charge is 0.384 e. The van der Waals surface area contributed by atoms with Crippen molar-refractivity contribution >= 4 is 38.9 Å². The summed E-state index contributed by atoms with van der Waals surface area (Å²) >= 11 is 5.13. The minimum atomic E-state index is 0.0680. The lowest BCUT2D eigenvalue weighted by molar-refractivity contribution is 0.895. The number of nitrogen functional groups attached to an aromatic ring is 1. The molecule has 0 aliphatic rings. The zero-order valence-electron chi connectivity index (χ0n) is 10.8. The first-order chi connectivity index (χ1) is 8.95. The van der Waals surface area contributed by atoms with E-state index in [1.807, 2.05) is 31.0 Å². The molecular formula is C13H15BrN4S. The Bertz CT molecular complexity index is 608. The molecule has 0 aromatic carbocycles. The van der Waals surface area contributed by atoms with Crippen molar-refractivity contribution in [1.29, 1.82) is 5.41 Å². The third-order valence-electron chi connectivity index (χ3n) is 2.68. The van der Waals surface area contributed by atoms with Gasteiger partial charge in [-0.2, -0.15) is 0 Å². The number of nitrogens with zero attached hydrogens (tertiary/aromatic N) is 2. The molecule has 2 rings (SSSR count). The summed E-state index contributed by atoms with van der Waals surface area (Å²) in [7, 11) is 1.98. The van der Waals surface area contributed by atoms with E-state index < -0.39 is 0 Å². The van der Waals surface area contributed by atoms with Crippen LogP contribution in [0, 0.1) is 12.3 Å². The third-order valence-corrected chi connectivity index (χ3v) is 4.24. The number of aromatic nitrogens is 1. The van der Waals surface area contributed by atoms with Crippen molar-refractivity contribution < 1.29 is 0 Å². The molecule has 6 heteroatoms. The van der Waals surface area contributed by atoms with Crippen molar-refractivity contribution in [2.45, 2.75) is 13.5 Å². The third kappa shape index (κ3) is 3.54. The summed E-state index contributed by atoms with van der Waals surface area (Å²) in [6.07, 6.45) is 0. The van der Waals surface area contributed by atoms with Crippen molar-refractivity contribution in [2.24, 2.45) is 5.73 Å². The normalized spacial score (nSPS) is 10.5. The number of halogens is 1. The lowest BCUT2D eigenvalue weighted by Gasteiger charge is -2.18. The van der Waals surface area contributed by atoms with Crippen LogP contribution in [0.15, 0.2) is 27.4 Å². The number of rotatable bonds is 4. The second kappa shape index (κ2) is 5.71. The van der Waals surface area contributed by atoms with Crippen LogP contribution < -0.4 is 10.6 Å². The van der Waals surface area contributed by atoms with E-state index in [9.17, 15) is 0 Å². The Kier molecular flexibility index (Phi) is 4.21. The van der Waals surface area contributed by atoms with Gasteiger partial charge in [0.1, 0.15) is 11.7 Å². The van der Waals surface area contributed by atoms with E-state index in [1.54, 1.807) is 11.3 Å². The van der Waals surface area contributed by atoms with Gasteiger partial charge in [0.2, 0.25) is 0 Å². The van der Waals surface area contributed by atoms with Crippen molar-refractivity contribution in [3.63, 3.8) is 0 Å². The predicted octanol–water partition coefficient (Wildman–Crippen LogP) is 3.13. The molecule has 3 N–H and O–H groups in total. The van der Waals surface area contributed by atoms with Crippen molar-refractivity contribution in [1.82, 2.24) is 4.98 Å². The molecule has 0 fully saturated rings. The molecule has 0 atom stereocenters. The first-order valence-corrected chi connectivity index (χ1v) is 7.40. The van der Waals surface area contributed by atoms with Crippen molar-refractivity contribution in [3.05, 3.63) is 44.2 Å². The van der Waals surface area contributed by atoms with Crippen LogP contribution in [0.4, 0.5) is 5.82 Å². The van der Waals surface area contributed by atoms with Crippen LogP contribution in [-0.4, -0.2) is 17.9 Å². The maximum absolute atomic E-state index is 7.52. The van der Waals surface area contributed by atoms with Gasteiger partial charge in [-0.3, -0.25) is 5.41 Å². The standard InChI is InChI=1S/C13H15BrN4S/c1-8-3-10(13(15)16)5-12(17-8)18(2)6-9-4-11(14)19-7-9/h3-5,7H,6H2,1-2H3,(H3,15,16). The number of hydrogen-bond donors (Lipinski definition) is 2. The van der Waals surface area contributed by atoms with E-state index in [4.69, 9.17) is 11.1 Å². The number of aryl methyl sites for hydroxylation is 1. The Morgan fingerprint density at radius 1 is 1.47 bits per heavy atom. The summed E-state index contributed by atoms with van der Waals surface area (Å²) in [4.78, 5) is 6.53. The molecule has 0 aliphatic carbocycles. The highest BCUT2D eigenvalue weighted by Gasteiger charge is 2.08. The molecule has 0 bridgehead atoms. The Hall–Kier alpha value is -1.40. The van der Waals surface area contributed by atoms with Crippen LogP contribution in [-0.2, 0) is 6.54 Å². The van der Waals surface area contributed by atoms with Gasteiger partial charge in [-0.15, -0.1) is 11.3 Å². The lowest BCUT2D eigenvalue weighted by Crippen LogP contribution is -2.19. The van der Waals surface area contributed by atoms with Crippen LogP contribution in [0.1, 0.15) is 16.8 Å². The van der Waals surface area contributed by atoms with Crippen molar-refractivity contribution in [2.75, 3.05) is 11.9 Å². The molecule has 0 amide bonds. The molecule has 0 spiro atoms. The maximum Gasteiger partial charge on any atom is 0.129 e. The summed E-state index contributed by atoms with van der Waals surface area (Å²) in [5.41, 5.74) is 8.34. The Labute approximate surface area is 124 Å². The highest BCUT2D eigenvalue weighted by Crippen LogP contribution is 2.23. The fraction of sp³-hybridized carbons (Fsp3) is 0.231. The fourth-order valence-electron chi connectivity index (χ4n) is 1.79. The van der Waals surface area contributed by atoms with Crippen LogP contribution in [0.3, 0.4) is 0 Å². The number of anilines is 1. The van der Waals surface area contributed by atoms with Gasteiger partial charge < -0.3 is 10.6 Å². The van der Waals surface area contributed by atoms with Gasteiger partial charge in [0.15, 0.2) is 0 Å². The molecule has 0 radical (unpaired) electrons. The molecule has 0 aliphatic heterocycles. The zero-order chi connectivity index (χ0) is 14.0. The zero-order valence-corrected chi connectivity index (χ0v) is 13.2. The molecule has 2 heterocycles. The molecule has 2 aromatic rings. The predicted molar refractivity (Wildman–Crippen MR) is 84.1 cm³/mol. The SMILES string of the molecule is Cc1cc(C(=N)N)cc(N(C)Cc2csc(Br)c2)n1. The van der Waals surface area contributed by atoms with Gasteiger partial charge in [-0.25, -0.2) is 4.98 Å².